The maximum Gasteiger partial charge on any atom is 0.262 e. The summed E-state index contributed by atoms with van der Waals surface area (Å²) in [5.74, 6) is 1.77. The molecule has 1 aliphatic carbocycles. The van der Waals surface area contributed by atoms with Crippen molar-refractivity contribution in [1.29, 1.82) is 0 Å². The van der Waals surface area contributed by atoms with Gasteiger partial charge in [-0.3, -0.25) is 4.79 Å². The molecule has 3 rings (SSSR count). The molecule has 2 atom stereocenters. The number of anilines is 2. The zero-order valence-corrected chi connectivity index (χ0v) is 11.6. The Morgan fingerprint density at radius 3 is 3.05 bits per heavy atom. The van der Waals surface area contributed by atoms with Crippen molar-refractivity contribution in [1.82, 2.24) is 0 Å². The third-order valence-corrected chi connectivity index (χ3v) is 3.93. The number of nitrogens with two attached hydrogens (primary N) is 1. The number of amides is 1. The van der Waals surface area contributed by atoms with E-state index < -0.39 is 0 Å². The van der Waals surface area contributed by atoms with Crippen LogP contribution in [0.3, 0.4) is 0 Å². The standard InChI is InChI=1S/C15H20N2O3/c1-9-3-2-4-10(5-9)20-13-7-12-14(6-11(13)16)19-8-15(18)17-12/h6-7,9-10H,2-5,8,16H2,1H3,(H,17,18). The molecule has 2 unspecified atom stereocenters. The topological polar surface area (TPSA) is 73.6 Å². The minimum Gasteiger partial charge on any atom is -0.488 e. The zero-order chi connectivity index (χ0) is 14.1. The first-order chi connectivity index (χ1) is 9.61. The van der Waals surface area contributed by atoms with Crippen molar-refractivity contribution in [2.75, 3.05) is 17.7 Å². The minimum absolute atomic E-state index is 0.0345. The van der Waals surface area contributed by atoms with Crippen LogP contribution < -0.4 is 20.5 Å². The minimum atomic E-state index is -0.153. The number of nitrogens with one attached hydrogen (secondary N) is 1. The first-order valence-electron chi connectivity index (χ1n) is 7.14. The van der Waals surface area contributed by atoms with Crippen LogP contribution in [0.15, 0.2) is 12.1 Å². The van der Waals surface area contributed by atoms with Gasteiger partial charge >= 0.3 is 0 Å². The highest BCUT2D eigenvalue weighted by Crippen LogP contribution is 2.38. The van der Waals surface area contributed by atoms with E-state index in [1.807, 2.05) is 0 Å². The lowest BCUT2D eigenvalue weighted by atomic mass is 9.89. The number of ether oxygens (including phenoxy) is 2. The molecule has 1 fully saturated rings. The van der Waals surface area contributed by atoms with E-state index in [1.165, 1.54) is 12.8 Å². The van der Waals surface area contributed by atoms with Crippen LogP contribution in [-0.2, 0) is 4.79 Å². The number of benzene rings is 1. The van der Waals surface area contributed by atoms with Gasteiger partial charge in [-0.15, -0.1) is 0 Å². The predicted molar refractivity (Wildman–Crippen MR) is 77.0 cm³/mol. The summed E-state index contributed by atoms with van der Waals surface area (Å²) >= 11 is 0. The van der Waals surface area contributed by atoms with E-state index in [0.29, 0.717) is 28.8 Å². The molecule has 0 aromatic heterocycles. The molecule has 0 spiro atoms. The molecule has 1 heterocycles. The Hall–Kier alpha value is -1.91. The number of carbonyl (C=O) groups excluding carboxylic acids is 1. The highest BCUT2D eigenvalue weighted by Gasteiger charge is 2.23. The monoisotopic (exact) mass is 276 g/mol. The lowest BCUT2D eigenvalue weighted by Crippen LogP contribution is -2.26. The average Bonchev–Trinajstić information content (AvgIpc) is 2.40. The van der Waals surface area contributed by atoms with Crippen LogP contribution in [0.1, 0.15) is 32.6 Å². The Balaban J connectivity index is 1.79. The molecule has 3 N–H and O–H groups in total. The fourth-order valence-electron chi connectivity index (χ4n) is 2.89. The van der Waals surface area contributed by atoms with Gasteiger partial charge in [0.2, 0.25) is 0 Å². The first kappa shape index (κ1) is 13.1. The van der Waals surface area contributed by atoms with Crippen molar-refractivity contribution in [3.63, 3.8) is 0 Å². The van der Waals surface area contributed by atoms with Crippen molar-refractivity contribution in [2.24, 2.45) is 5.92 Å². The largest absolute Gasteiger partial charge is 0.488 e. The van der Waals surface area contributed by atoms with Crippen molar-refractivity contribution in [3.05, 3.63) is 12.1 Å². The van der Waals surface area contributed by atoms with Crippen molar-refractivity contribution < 1.29 is 14.3 Å². The smallest absolute Gasteiger partial charge is 0.262 e. The number of hydrogen-bond acceptors (Lipinski definition) is 4. The highest BCUT2D eigenvalue weighted by atomic mass is 16.5. The van der Waals surface area contributed by atoms with E-state index in [9.17, 15) is 4.79 Å². The second kappa shape index (κ2) is 5.23. The van der Waals surface area contributed by atoms with Gasteiger partial charge in [-0.2, -0.15) is 0 Å². The van der Waals surface area contributed by atoms with Gasteiger partial charge in [0, 0.05) is 12.1 Å². The summed E-state index contributed by atoms with van der Waals surface area (Å²) in [6.45, 7) is 2.28. The molecule has 0 saturated heterocycles. The fourth-order valence-corrected chi connectivity index (χ4v) is 2.89. The summed E-state index contributed by atoms with van der Waals surface area (Å²) in [6, 6.07) is 3.48. The average molecular weight is 276 g/mol. The molecule has 1 aromatic carbocycles. The maximum atomic E-state index is 11.3. The number of fused-ring (bicyclic) bond motifs is 1. The van der Waals surface area contributed by atoms with E-state index in [2.05, 4.69) is 12.2 Å². The zero-order valence-electron chi connectivity index (χ0n) is 11.6. The van der Waals surface area contributed by atoms with Crippen molar-refractivity contribution in [3.8, 4) is 11.5 Å². The number of rotatable bonds is 2. The molecular formula is C15H20N2O3. The molecule has 1 aromatic rings. The molecule has 1 saturated carbocycles. The van der Waals surface area contributed by atoms with Gasteiger partial charge in [0.15, 0.2) is 6.61 Å². The van der Waals surface area contributed by atoms with Crippen LogP contribution in [0.25, 0.3) is 0 Å². The SMILES string of the molecule is CC1CCCC(Oc2cc3c(cc2N)OCC(=O)N3)C1. The number of nitrogen functional groups attached to an aromatic ring is 1. The summed E-state index contributed by atoms with van der Waals surface area (Å²) in [5.41, 5.74) is 7.20. The van der Waals surface area contributed by atoms with Gasteiger partial charge in [-0.1, -0.05) is 13.3 Å². The van der Waals surface area contributed by atoms with E-state index in [-0.39, 0.29) is 18.6 Å². The van der Waals surface area contributed by atoms with Crippen molar-refractivity contribution in [2.45, 2.75) is 38.7 Å². The highest BCUT2D eigenvalue weighted by molar-refractivity contribution is 5.96. The van der Waals surface area contributed by atoms with Gasteiger partial charge in [-0.05, 0) is 25.2 Å². The number of carbonyl (C=O) groups is 1. The Bertz CT molecular complexity index is 530. The maximum absolute atomic E-state index is 11.3. The van der Waals surface area contributed by atoms with E-state index in [0.717, 1.165) is 12.8 Å². The Morgan fingerprint density at radius 2 is 2.25 bits per heavy atom. The third kappa shape index (κ3) is 2.66. The molecule has 2 aliphatic rings. The lowest BCUT2D eigenvalue weighted by molar-refractivity contribution is -0.118. The van der Waals surface area contributed by atoms with Crippen LogP contribution >= 0.6 is 0 Å². The summed E-state index contributed by atoms with van der Waals surface area (Å²) in [6.07, 6.45) is 4.78. The molecule has 0 radical (unpaired) electrons. The van der Waals surface area contributed by atoms with Crippen LogP contribution in [0, 0.1) is 5.92 Å². The van der Waals surface area contributed by atoms with Gasteiger partial charge in [-0.25, -0.2) is 0 Å². The second-order valence-corrected chi connectivity index (χ2v) is 5.73. The summed E-state index contributed by atoms with van der Waals surface area (Å²) in [5, 5.41) is 2.77. The molecule has 5 nitrogen and oxygen atoms in total. The van der Waals surface area contributed by atoms with E-state index >= 15 is 0 Å². The molecule has 1 aliphatic heterocycles. The molecule has 20 heavy (non-hydrogen) atoms. The quantitative estimate of drug-likeness (QED) is 0.814. The molecule has 1 amide bonds. The molecular weight excluding hydrogens is 256 g/mol. The normalized spacial score (nSPS) is 25.4. The molecule has 108 valence electrons. The Labute approximate surface area is 118 Å². The Kier molecular flexibility index (Phi) is 3.42. The van der Waals surface area contributed by atoms with E-state index in [4.69, 9.17) is 15.2 Å². The van der Waals surface area contributed by atoms with E-state index in [1.54, 1.807) is 12.1 Å². The van der Waals surface area contributed by atoms with Gasteiger partial charge < -0.3 is 20.5 Å². The predicted octanol–water partition coefficient (Wildman–Crippen LogP) is 2.56. The van der Waals surface area contributed by atoms with Crippen LogP contribution in [0.4, 0.5) is 11.4 Å². The summed E-state index contributed by atoms with van der Waals surface area (Å²) in [7, 11) is 0. The summed E-state index contributed by atoms with van der Waals surface area (Å²) < 4.78 is 11.4. The third-order valence-electron chi connectivity index (χ3n) is 3.93. The lowest BCUT2D eigenvalue weighted by Gasteiger charge is -2.28. The molecule has 0 bridgehead atoms. The first-order valence-corrected chi connectivity index (χ1v) is 7.14. The summed E-state index contributed by atoms with van der Waals surface area (Å²) in [4.78, 5) is 11.3. The van der Waals surface area contributed by atoms with Gasteiger partial charge in [0.25, 0.3) is 5.91 Å². The van der Waals surface area contributed by atoms with Gasteiger partial charge in [0.05, 0.1) is 17.5 Å². The number of hydrogen-bond donors (Lipinski definition) is 2. The van der Waals surface area contributed by atoms with Gasteiger partial charge in [0.1, 0.15) is 11.5 Å². The van der Waals surface area contributed by atoms with Crippen LogP contribution in [-0.4, -0.2) is 18.6 Å². The van der Waals surface area contributed by atoms with Crippen LogP contribution in [0.5, 0.6) is 11.5 Å². The Morgan fingerprint density at radius 1 is 1.40 bits per heavy atom. The molecule has 5 heteroatoms. The second-order valence-electron chi connectivity index (χ2n) is 5.73. The fraction of sp³-hybridized carbons (Fsp3) is 0.533. The van der Waals surface area contributed by atoms with Crippen LogP contribution in [0.2, 0.25) is 0 Å². The van der Waals surface area contributed by atoms with Crippen molar-refractivity contribution >= 4 is 17.3 Å².